The van der Waals surface area contributed by atoms with E-state index in [9.17, 15) is 4.79 Å². The first-order chi connectivity index (χ1) is 8.58. The topological polar surface area (TPSA) is 80.9 Å². The second-order valence-corrected chi connectivity index (χ2v) is 4.61. The fourth-order valence-electron chi connectivity index (χ4n) is 1.28. The molecule has 0 radical (unpaired) electrons. The van der Waals surface area contributed by atoms with Crippen LogP contribution < -0.4 is 11.1 Å². The minimum Gasteiger partial charge on any atom is -0.397 e. The van der Waals surface area contributed by atoms with Gasteiger partial charge in [0.2, 0.25) is 0 Å². The Labute approximate surface area is 117 Å². The number of hydrogen-bond acceptors (Lipinski definition) is 4. The first-order valence-corrected chi connectivity index (χ1v) is 6.08. The Morgan fingerprint density at radius 2 is 2.22 bits per heavy atom. The van der Waals surface area contributed by atoms with Gasteiger partial charge in [-0.3, -0.25) is 4.79 Å². The minimum absolute atomic E-state index is 0.0914. The number of carbonyl (C=O) groups excluding carboxylic acids is 1. The Morgan fingerprint density at radius 3 is 2.94 bits per heavy atom. The van der Waals surface area contributed by atoms with Gasteiger partial charge in [0, 0.05) is 6.20 Å². The van der Waals surface area contributed by atoms with E-state index >= 15 is 0 Å². The summed E-state index contributed by atoms with van der Waals surface area (Å²) >= 11 is 9.12. The molecule has 18 heavy (non-hydrogen) atoms. The van der Waals surface area contributed by atoms with Gasteiger partial charge in [-0.2, -0.15) is 0 Å². The highest BCUT2D eigenvalue weighted by Gasteiger charge is 2.13. The van der Waals surface area contributed by atoms with Crippen LogP contribution in [0.2, 0.25) is 5.15 Å². The van der Waals surface area contributed by atoms with Crippen molar-refractivity contribution in [3.63, 3.8) is 0 Å². The number of amides is 1. The van der Waals surface area contributed by atoms with Gasteiger partial charge in [-0.1, -0.05) is 11.6 Å². The van der Waals surface area contributed by atoms with Gasteiger partial charge in [0.1, 0.15) is 11.0 Å². The molecule has 2 aromatic heterocycles. The summed E-state index contributed by atoms with van der Waals surface area (Å²) in [5.41, 5.74) is 6.13. The van der Waals surface area contributed by atoms with Crippen molar-refractivity contribution in [3.8, 4) is 0 Å². The Morgan fingerprint density at radius 1 is 1.44 bits per heavy atom. The van der Waals surface area contributed by atoms with Crippen molar-refractivity contribution in [1.82, 2.24) is 9.97 Å². The summed E-state index contributed by atoms with van der Waals surface area (Å²) in [6.45, 7) is 0. The molecule has 0 atom stereocenters. The van der Waals surface area contributed by atoms with Gasteiger partial charge in [0.05, 0.1) is 21.9 Å². The number of rotatable bonds is 2. The van der Waals surface area contributed by atoms with E-state index in [2.05, 4.69) is 31.2 Å². The third-order valence-corrected chi connectivity index (χ3v) is 3.04. The van der Waals surface area contributed by atoms with Gasteiger partial charge in [-0.25, -0.2) is 9.97 Å². The number of nitrogens with zero attached hydrogens (tertiary/aromatic N) is 2. The highest BCUT2D eigenvalue weighted by molar-refractivity contribution is 9.10. The summed E-state index contributed by atoms with van der Waals surface area (Å²) in [4.78, 5) is 19.8. The van der Waals surface area contributed by atoms with E-state index < -0.39 is 5.91 Å². The van der Waals surface area contributed by atoms with Crippen LogP contribution in [0.1, 0.15) is 10.4 Å². The Bertz CT molecular complexity index is 605. The van der Waals surface area contributed by atoms with Gasteiger partial charge in [-0.15, -0.1) is 0 Å². The van der Waals surface area contributed by atoms with Crippen LogP contribution >= 0.6 is 27.5 Å². The van der Waals surface area contributed by atoms with Crippen molar-refractivity contribution in [2.75, 3.05) is 11.1 Å². The molecule has 0 aromatic carbocycles. The van der Waals surface area contributed by atoms with Crippen molar-refractivity contribution in [2.24, 2.45) is 0 Å². The van der Waals surface area contributed by atoms with Crippen molar-refractivity contribution in [3.05, 3.63) is 45.8 Å². The SMILES string of the molecule is Nc1cnc(Cl)c(C(=O)Nc2ncccc2Br)c1. The summed E-state index contributed by atoms with van der Waals surface area (Å²) in [5.74, 6) is -0.0137. The van der Waals surface area contributed by atoms with E-state index in [0.717, 1.165) is 0 Å². The molecule has 0 aliphatic heterocycles. The predicted octanol–water partition coefficient (Wildman–Crippen LogP) is 2.73. The molecule has 1 amide bonds. The number of anilines is 2. The van der Waals surface area contributed by atoms with Crippen LogP contribution in [0.25, 0.3) is 0 Å². The molecular weight excluding hydrogens is 320 g/mol. The molecule has 92 valence electrons. The van der Waals surface area contributed by atoms with Gasteiger partial charge in [0.15, 0.2) is 0 Å². The molecular formula is C11H8BrClN4O. The fourth-order valence-corrected chi connectivity index (χ4v) is 1.82. The number of pyridine rings is 2. The maximum Gasteiger partial charge on any atom is 0.260 e. The molecule has 7 heteroatoms. The van der Waals surface area contributed by atoms with Crippen molar-refractivity contribution < 1.29 is 4.79 Å². The van der Waals surface area contributed by atoms with Crippen molar-refractivity contribution >= 4 is 44.9 Å². The van der Waals surface area contributed by atoms with Crippen molar-refractivity contribution in [2.45, 2.75) is 0 Å². The summed E-state index contributed by atoms with van der Waals surface area (Å²) in [7, 11) is 0. The average Bonchev–Trinajstić information content (AvgIpc) is 2.35. The first kappa shape index (κ1) is 12.8. The Hall–Kier alpha value is -1.66. The lowest BCUT2D eigenvalue weighted by atomic mass is 10.2. The zero-order valence-corrected chi connectivity index (χ0v) is 11.4. The molecule has 2 rings (SSSR count). The van der Waals surface area contributed by atoms with Crippen LogP contribution in [-0.2, 0) is 0 Å². The van der Waals surface area contributed by atoms with Gasteiger partial charge < -0.3 is 11.1 Å². The Balaban J connectivity index is 2.28. The van der Waals surface area contributed by atoms with E-state index in [-0.39, 0.29) is 10.7 Å². The highest BCUT2D eigenvalue weighted by Crippen LogP contribution is 2.21. The smallest absolute Gasteiger partial charge is 0.260 e. The second kappa shape index (κ2) is 5.32. The number of halogens is 2. The maximum atomic E-state index is 12.0. The number of nitrogens with two attached hydrogens (primary N) is 1. The molecule has 0 fully saturated rings. The summed E-state index contributed by atoms with van der Waals surface area (Å²) in [6, 6.07) is 4.97. The fraction of sp³-hybridized carbons (Fsp3) is 0. The van der Waals surface area contributed by atoms with Gasteiger partial charge in [0.25, 0.3) is 5.91 Å². The van der Waals surface area contributed by atoms with E-state index in [1.54, 1.807) is 18.3 Å². The Kier molecular flexibility index (Phi) is 3.78. The molecule has 5 nitrogen and oxygen atoms in total. The molecule has 2 aromatic rings. The zero-order chi connectivity index (χ0) is 13.1. The third-order valence-electron chi connectivity index (χ3n) is 2.10. The largest absolute Gasteiger partial charge is 0.397 e. The normalized spacial score (nSPS) is 10.1. The molecule has 0 aliphatic carbocycles. The lowest BCUT2D eigenvalue weighted by Crippen LogP contribution is -2.14. The van der Waals surface area contributed by atoms with E-state index in [0.29, 0.717) is 16.0 Å². The minimum atomic E-state index is -0.417. The number of hydrogen-bond donors (Lipinski definition) is 2. The van der Waals surface area contributed by atoms with Crippen LogP contribution in [0.3, 0.4) is 0 Å². The molecule has 0 unspecified atom stereocenters. The number of nitrogen functional groups attached to an aromatic ring is 1. The predicted molar refractivity (Wildman–Crippen MR) is 73.5 cm³/mol. The van der Waals surface area contributed by atoms with Crippen LogP contribution in [0.15, 0.2) is 35.1 Å². The number of aromatic nitrogens is 2. The van der Waals surface area contributed by atoms with E-state index in [4.69, 9.17) is 17.3 Å². The summed E-state index contributed by atoms with van der Waals surface area (Å²) in [6.07, 6.45) is 2.95. The molecule has 0 saturated carbocycles. The van der Waals surface area contributed by atoms with Gasteiger partial charge in [-0.05, 0) is 34.1 Å². The second-order valence-electron chi connectivity index (χ2n) is 3.39. The van der Waals surface area contributed by atoms with Crippen LogP contribution in [0.4, 0.5) is 11.5 Å². The molecule has 0 bridgehead atoms. The first-order valence-electron chi connectivity index (χ1n) is 4.91. The lowest BCUT2D eigenvalue weighted by Gasteiger charge is -2.07. The monoisotopic (exact) mass is 326 g/mol. The lowest BCUT2D eigenvalue weighted by molar-refractivity contribution is 0.102. The summed E-state index contributed by atoms with van der Waals surface area (Å²) < 4.78 is 0.673. The average molecular weight is 328 g/mol. The van der Waals surface area contributed by atoms with E-state index in [1.165, 1.54) is 12.3 Å². The molecule has 0 spiro atoms. The maximum absolute atomic E-state index is 12.0. The molecule has 0 saturated heterocycles. The van der Waals surface area contributed by atoms with Gasteiger partial charge >= 0.3 is 0 Å². The summed E-state index contributed by atoms with van der Waals surface area (Å²) in [5, 5.41) is 2.71. The molecule has 3 N–H and O–H groups in total. The molecule has 0 aliphatic rings. The van der Waals surface area contributed by atoms with E-state index in [1.807, 2.05) is 0 Å². The highest BCUT2D eigenvalue weighted by atomic mass is 79.9. The van der Waals surface area contributed by atoms with Crippen LogP contribution in [0, 0.1) is 0 Å². The van der Waals surface area contributed by atoms with Crippen LogP contribution in [0.5, 0.6) is 0 Å². The standard InChI is InChI=1S/C11H8BrClN4O/c12-8-2-1-3-15-10(8)17-11(18)7-4-6(14)5-16-9(7)13/h1-5H,14H2,(H,15,17,18). The third kappa shape index (κ3) is 2.77. The van der Waals surface area contributed by atoms with Crippen LogP contribution in [-0.4, -0.2) is 15.9 Å². The molecule has 2 heterocycles. The number of carbonyl (C=O) groups is 1. The quantitative estimate of drug-likeness (QED) is 0.831. The number of nitrogens with one attached hydrogen (secondary N) is 1. The zero-order valence-electron chi connectivity index (χ0n) is 9.02. The van der Waals surface area contributed by atoms with Crippen molar-refractivity contribution in [1.29, 1.82) is 0 Å².